The molecule has 0 saturated heterocycles. The van der Waals surface area contributed by atoms with Gasteiger partial charge in [0.2, 0.25) is 5.56 Å². The molecule has 1 aliphatic carbocycles. The highest BCUT2D eigenvalue weighted by Gasteiger charge is 2.28. The number of hydrogen-bond donors (Lipinski definition) is 2. The van der Waals surface area contributed by atoms with E-state index in [0.717, 1.165) is 31.1 Å². The Bertz CT molecular complexity index is 1150. The molecule has 31 heavy (non-hydrogen) atoms. The van der Waals surface area contributed by atoms with Crippen LogP contribution >= 0.6 is 11.6 Å². The summed E-state index contributed by atoms with van der Waals surface area (Å²) >= 11 is 5.91. The van der Waals surface area contributed by atoms with Crippen molar-refractivity contribution in [3.05, 3.63) is 81.1 Å². The zero-order valence-corrected chi connectivity index (χ0v) is 17.7. The average molecular weight is 439 g/mol. The van der Waals surface area contributed by atoms with Gasteiger partial charge in [-0.05, 0) is 61.6 Å². The summed E-state index contributed by atoms with van der Waals surface area (Å²) in [4.78, 5) is 40.7. The number of rotatable bonds is 6. The van der Waals surface area contributed by atoms with Crippen LogP contribution in [-0.4, -0.2) is 29.0 Å². The Balaban J connectivity index is 1.62. The van der Waals surface area contributed by atoms with Crippen LogP contribution in [-0.2, 0) is 16.0 Å². The number of halogens is 1. The van der Waals surface area contributed by atoms with E-state index < -0.39 is 17.9 Å². The Kier molecular flexibility index (Phi) is 6.37. The SMILES string of the molecule is O=C(NC(Cc1cc(=O)[nH]c2ccccc12)C(=O)OC1CCCC1)c1ccc(Cl)cc1. The van der Waals surface area contributed by atoms with E-state index in [9.17, 15) is 14.4 Å². The van der Waals surface area contributed by atoms with Gasteiger partial charge in [-0.3, -0.25) is 9.59 Å². The Morgan fingerprint density at radius 2 is 1.81 bits per heavy atom. The van der Waals surface area contributed by atoms with Crippen LogP contribution in [0.1, 0.15) is 41.6 Å². The van der Waals surface area contributed by atoms with E-state index >= 15 is 0 Å². The molecule has 7 heteroatoms. The van der Waals surface area contributed by atoms with Crippen LogP contribution in [0.25, 0.3) is 10.9 Å². The van der Waals surface area contributed by atoms with E-state index in [4.69, 9.17) is 16.3 Å². The number of hydrogen-bond acceptors (Lipinski definition) is 4. The molecule has 1 saturated carbocycles. The molecule has 0 spiro atoms. The second-order valence-corrected chi connectivity index (χ2v) is 8.22. The van der Waals surface area contributed by atoms with Crippen LogP contribution in [0.15, 0.2) is 59.4 Å². The first-order valence-electron chi connectivity index (χ1n) is 10.4. The van der Waals surface area contributed by atoms with Gasteiger partial charge < -0.3 is 15.0 Å². The van der Waals surface area contributed by atoms with Gasteiger partial charge in [0.05, 0.1) is 0 Å². The third-order valence-electron chi connectivity index (χ3n) is 5.54. The molecule has 1 aliphatic rings. The third-order valence-corrected chi connectivity index (χ3v) is 5.79. The van der Waals surface area contributed by atoms with Gasteiger partial charge in [-0.25, -0.2) is 4.79 Å². The third kappa shape index (κ3) is 5.14. The number of nitrogens with one attached hydrogen (secondary N) is 2. The van der Waals surface area contributed by atoms with Gasteiger partial charge in [0, 0.05) is 34.0 Å². The number of esters is 1. The summed E-state index contributed by atoms with van der Waals surface area (Å²) in [7, 11) is 0. The highest BCUT2D eigenvalue weighted by atomic mass is 35.5. The van der Waals surface area contributed by atoms with Crippen molar-refractivity contribution in [3.63, 3.8) is 0 Å². The van der Waals surface area contributed by atoms with Crippen molar-refractivity contribution in [2.24, 2.45) is 0 Å². The number of amides is 1. The van der Waals surface area contributed by atoms with Gasteiger partial charge in [-0.2, -0.15) is 0 Å². The zero-order chi connectivity index (χ0) is 21.8. The minimum Gasteiger partial charge on any atom is -0.461 e. The number of pyridine rings is 1. The lowest BCUT2D eigenvalue weighted by atomic mass is 10.0. The summed E-state index contributed by atoms with van der Waals surface area (Å²) < 4.78 is 5.68. The Morgan fingerprint density at radius 1 is 1.10 bits per heavy atom. The first kappa shape index (κ1) is 21.1. The second-order valence-electron chi connectivity index (χ2n) is 7.78. The molecule has 0 radical (unpaired) electrons. The maximum Gasteiger partial charge on any atom is 0.329 e. The summed E-state index contributed by atoms with van der Waals surface area (Å²) in [6.45, 7) is 0. The molecule has 2 N–H and O–H groups in total. The predicted molar refractivity (Wildman–Crippen MR) is 119 cm³/mol. The second kappa shape index (κ2) is 9.35. The lowest BCUT2D eigenvalue weighted by molar-refractivity contribution is -0.151. The van der Waals surface area contributed by atoms with Crippen molar-refractivity contribution < 1.29 is 14.3 Å². The molecular formula is C24H23ClN2O4. The Morgan fingerprint density at radius 3 is 2.55 bits per heavy atom. The molecule has 2 aromatic carbocycles. The summed E-state index contributed by atoms with van der Waals surface area (Å²) in [5.74, 6) is -0.891. The van der Waals surface area contributed by atoms with Crippen LogP contribution < -0.4 is 10.9 Å². The fourth-order valence-electron chi connectivity index (χ4n) is 3.95. The van der Waals surface area contributed by atoms with E-state index in [1.54, 1.807) is 30.3 Å². The number of aromatic nitrogens is 1. The molecule has 0 aliphatic heterocycles. The van der Waals surface area contributed by atoms with Crippen LogP contribution in [0.4, 0.5) is 0 Å². The van der Waals surface area contributed by atoms with Crippen LogP contribution in [0.5, 0.6) is 0 Å². The standard InChI is InChI=1S/C24H23ClN2O4/c25-17-11-9-15(10-12-17)23(29)27-21(24(30)31-18-5-1-2-6-18)13-16-14-22(28)26-20-8-4-3-7-19(16)20/h3-4,7-12,14,18,21H,1-2,5-6,13H2,(H,26,28)(H,27,29). The summed E-state index contributed by atoms with van der Waals surface area (Å²) in [6, 6.07) is 14.3. The lowest BCUT2D eigenvalue weighted by Crippen LogP contribution is -2.44. The van der Waals surface area contributed by atoms with Gasteiger partial charge >= 0.3 is 5.97 Å². The molecule has 0 bridgehead atoms. The number of ether oxygens (including phenoxy) is 1. The number of para-hydroxylation sites is 1. The number of carbonyl (C=O) groups is 2. The van der Waals surface area contributed by atoms with Crippen molar-refractivity contribution in [3.8, 4) is 0 Å². The van der Waals surface area contributed by atoms with Crippen molar-refractivity contribution in [1.82, 2.24) is 10.3 Å². The number of H-pyrrole nitrogens is 1. The molecule has 1 atom stereocenters. The maximum absolute atomic E-state index is 13.0. The molecule has 3 aromatic rings. The van der Waals surface area contributed by atoms with Gasteiger partial charge in [-0.15, -0.1) is 0 Å². The summed E-state index contributed by atoms with van der Waals surface area (Å²) in [5, 5.41) is 4.13. The van der Waals surface area contributed by atoms with Crippen molar-refractivity contribution >= 4 is 34.4 Å². The fourth-order valence-corrected chi connectivity index (χ4v) is 4.08. The predicted octanol–water partition coefficient (Wildman–Crippen LogP) is 4.01. The summed E-state index contributed by atoms with van der Waals surface area (Å²) in [5.41, 5.74) is 1.47. The van der Waals surface area contributed by atoms with Gasteiger partial charge in [0.15, 0.2) is 0 Å². The normalized spacial score (nSPS) is 15.0. The molecule has 160 valence electrons. The van der Waals surface area contributed by atoms with Crippen LogP contribution in [0.3, 0.4) is 0 Å². The molecule has 1 heterocycles. The Hall–Kier alpha value is -3.12. The summed E-state index contributed by atoms with van der Waals surface area (Å²) in [6.07, 6.45) is 3.74. The minimum atomic E-state index is -0.922. The van der Waals surface area contributed by atoms with Crippen LogP contribution in [0, 0.1) is 0 Å². The molecular weight excluding hydrogens is 416 g/mol. The molecule has 4 rings (SSSR count). The molecule has 1 amide bonds. The molecule has 1 aromatic heterocycles. The van der Waals surface area contributed by atoms with Crippen LogP contribution in [0.2, 0.25) is 5.02 Å². The molecule has 1 unspecified atom stereocenters. The smallest absolute Gasteiger partial charge is 0.329 e. The maximum atomic E-state index is 13.0. The van der Waals surface area contributed by atoms with Gasteiger partial charge in [0.25, 0.3) is 5.91 Å². The molecule has 1 fully saturated rings. The number of fused-ring (bicyclic) bond motifs is 1. The van der Waals surface area contributed by atoms with Gasteiger partial charge in [0.1, 0.15) is 12.1 Å². The zero-order valence-electron chi connectivity index (χ0n) is 16.9. The quantitative estimate of drug-likeness (QED) is 0.569. The van der Waals surface area contributed by atoms with E-state index in [0.29, 0.717) is 21.7 Å². The first-order chi connectivity index (χ1) is 15.0. The topological polar surface area (TPSA) is 88.3 Å². The van der Waals surface area contributed by atoms with E-state index in [1.165, 1.54) is 6.07 Å². The Labute approximate surface area is 184 Å². The van der Waals surface area contributed by atoms with Crippen molar-refractivity contribution in [2.75, 3.05) is 0 Å². The highest BCUT2D eigenvalue weighted by Crippen LogP contribution is 2.23. The average Bonchev–Trinajstić information content (AvgIpc) is 3.26. The van der Waals surface area contributed by atoms with E-state index in [-0.39, 0.29) is 18.1 Å². The monoisotopic (exact) mass is 438 g/mol. The number of carbonyl (C=O) groups excluding carboxylic acids is 2. The number of aromatic amines is 1. The van der Waals surface area contributed by atoms with E-state index in [2.05, 4.69) is 10.3 Å². The fraction of sp³-hybridized carbons (Fsp3) is 0.292. The minimum absolute atomic E-state index is 0.127. The van der Waals surface area contributed by atoms with Gasteiger partial charge in [-0.1, -0.05) is 29.8 Å². The lowest BCUT2D eigenvalue weighted by Gasteiger charge is -2.21. The largest absolute Gasteiger partial charge is 0.461 e. The highest BCUT2D eigenvalue weighted by molar-refractivity contribution is 6.30. The number of benzene rings is 2. The first-order valence-corrected chi connectivity index (χ1v) is 10.8. The van der Waals surface area contributed by atoms with Crippen molar-refractivity contribution in [1.29, 1.82) is 0 Å². The molecule has 6 nitrogen and oxygen atoms in total. The van der Waals surface area contributed by atoms with E-state index in [1.807, 2.05) is 18.2 Å². The van der Waals surface area contributed by atoms with Crippen molar-refractivity contribution in [2.45, 2.75) is 44.2 Å².